The van der Waals surface area contributed by atoms with E-state index in [0.717, 1.165) is 29.8 Å². The molecule has 2 aromatic rings. The molecular formula is C20H23N3O3. The summed E-state index contributed by atoms with van der Waals surface area (Å²) in [6.45, 7) is 1.98. The number of fused-ring (bicyclic) bond motifs is 1. The summed E-state index contributed by atoms with van der Waals surface area (Å²) in [6, 6.07) is 11.3. The molecular weight excluding hydrogens is 330 g/mol. The van der Waals surface area contributed by atoms with Crippen LogP contribution in [0.1, 0.15) is 29.6 Å². The third kappa shape index (κ3) is 4.25. The van der Waals surface area contributed by atoms with Crippen LogP contribution in [0.4, 0.5) is 5.82 Å². The van der Waals surface area contributed by atoms with E-state index in [2.05, 4.69) is 15.6 Å². The summed E-state index contributed by atoms with van der Waals surface area (Å²) < 4.78 is 11.6. The summed E-state index contributed by atoms with van der Waals surface area (Å²) in [6.07, 6.45) is 4.84. The number of carbonyl (C=O) groups excluding carboxylic acids is 1. The number of hydrogen-bond donors (Lipinski definition) is 2. The Labute approximate surface area is 152 Å². The lowest BCUT2D eigenvalue weighted by Gasteiger charge is -2.26. The van der Waals surface area contributed by atoms with E-state index < -0.39 is 0 Å². The van der Waals surface area contributed by atoms with E-state index in [4.69, 9.17) is 9.47 Å². The topological polar surface area (TPSA) is 72.5 Å². The fraction of sp³-hybridized carbons (Fsp3) is 0.400. The van der Waals surface area contributed by atoms with E-state index in [1.54, 1.807) is 12.3 Å². The summed E-state index contributed by atoms with van der Waals surface area (Å²) in [5.41, 5.74) is 0.563. The van der Waals surface area contributed by atoms with Crippen LogP contribution in [0, 0.1) is 5.92 Å². The number of carbonyl (C=O) groups is 1. The summed E-state index contributed by atoms with van der Waals surface area (Å²) in [5.74, 6) is 3.02. The highest BCUT2D eigenvalue weighted by Crippen LogP contribution is 2.31. The fourth-order valence-electron chi connectivity index (χ4n) is 2.86. The zero-order valence-electron chi connectivity index (χ0n) is 14.6. The first kappa shape index (κ1) is 16.7. The lowest BCUT2D eigenvalue weighted by Crippen LogP contribution is -2.34. The molecule has 4 rings (SSSR count). The van der Waals surface area contributed by atoms with Gasteiger partial charge in [0.05, 0.1) is 5.56 Å². The normalized spacial score (nSPS) is 18.2. The van der Waals surface area contributed by atoms with Crippen molar-refractivity contribution in [2.24, 2.45) is 5.92 Å². The summed E-state index contributed by atoms with van der Waals surface area (Å²) in [4.78, 5) is 16.5. The van der Waals surface area contributed by atoms with Crippen molar-refractivity contribution in [1.29, 1.82) is 0 Å². The highest BCUT2D eigenvalue weighted by atomic mass is 16.6. The molecule has 1 aliphatic heterocycles. The van der Waals surface area contributed by atoms with Gasteiger partial charge in [0.25, 0.3) is 5.91 Å². The van der Waals surface area contributed by atoms with Crippen molar-refractivity contribution in [1.82, 2.24) is 10.3 Å². The zero-order valence-corrected chi connectivity index (χ0v) is 14.6. The molecule has 1 aromatic heterocycles. The molecule has 1 fully saturated rings. The number of amides is 1. The molecule has 1 atom stereocenters. The molecule has 0 bridgehead atoms. The van der Waals surface area contributed by atoms with E-state index in [1.807, 2.05) is 30.3 Å². The van der Waals surface area contributed by atoms with Gasteiger partial charge in [-0.15, -0.1) is 0 Å². The second-order valence-electron chi connectivity index (χ2n) is 6.80. The number of pyridine rings is 1. The summed E-state index contributed by atoms with van der Waals surface area (Å²) >= 11 is 0. The van der Waals surface area contributed by atoms with Crippen LogP contribution in [0.3, 0.4) is 0 Å². The highest BCUT2D eigenvalue weighted by molar-refractivity contribution is 5.94. The molecule has 1 aromatic carbocycles. The van der Waals surface area contributed by atoms with Crippen LogP contribution in [-0.2, 0) is 0 Å². The van der Waals surface area contributed by atoms with E-state index in [-0.39, 0.29) is 12.0 Å². The van der Waals surface area contributed by atoms with Crippen molar-refractivity contribution in [3.05, 3.63) is 48.2 Å². The Balaban J connectivity index is 1.21. The van der Waals surface area contributed by atoms with Crippen molar-refractivity contribution in [2.75, 3.05) is 25.0 Å². The largest absolute Gasteiger partial charge is 0.486 e. The van der Waals surface area contributed by atoms with Crippen LogP contribution in [0.2, 0.25) is 0 Å². The Kier molecular flexibility index (Phi) is 4.91. The van der Waals surface area contributed by atoms with Crippen molar-refractivity contribution in [3.63, 3.8) is 0 Å². The molecule has 2 N–H and O–H groups in total. The third-order valence-corrected chi connectivity index (χ3v) is 4.61. The van der Waals surface area contributed by atoms with Gasteiger partial charge < -0.3 is 20.1 Å². The number of nitrogens with one attached hydrogen (secondary N) is 2. The van der Waals surface area contributed by atoms with Gasteiger partial charge in [0.2, 0.25) is 0 Å². The van der Waals surface area contributed by atoms with Crippen LogP contribution in [0.15, 0.2) is 42.6 Å². The number of rotatable bonds is 7. The summed E-state index contributed by atoms with van der Waals surface area (Å²) in [7, 11) is 0. The molecule has 0 unspecified atom stereocenters. The number of hydrogen-bond acceptors (Lipinski definition) is 5. The van der Waals surface area contributed by atoms with E-state index in [1.165, 1.54) is 12.8 Å². The predicted molar refractivity (Wildman–Crippen MR) is 98.8 cm³/mol. The van der Waals surface area contributed by atoms with Crippen LogP contribution >= 0.6 is 0 Å². The Bertz CT molecular complexity index is 759. The highest BCUT2D eigenvalue weighted by Gasteiger charge is 2.21. The number of anilines is 1. The van der Waals surface area contributed by atoms with Crippen LogP contribution in [0.25, 0.3) is 0 Å². The third-order valence-electron chi connectivity index (χ3n) is 4.61. The molecule has 1 aliphatic carbocycles. The number of ether oxygens (including phenoxy) is 2. The SMILES string of the molecule is O=C(NCC[C@@H]1COc2ccccc2O1)c1ccc(NCC2CC2)nc1. The molecule has 6 heteroatoms. The second-order valence-corrected chi connectivity index (χ2v) is 6.80. The first-order valence-electron chi connectivity index (χ1n) is 9.14. The maximum Gasteiger partial charge on any atom is 0.252 e. The van der Waals surface area contributed by atoms with Crippen molar-refractivity contribution in [2.45, 2.75) is 25.4 Å². The average molecular weight is 353 g/mol. The van der Waals surface area contributed by atoms with E-state index in [0.29, 0.717) is 25.1 Å². The molecule has 26 heavy (non-hydrogen) atoms. The molecule has 6 nitrogen and oxygen atoms in total. The van der Waals surface area contributed by atoms with Crippen molar-refractivity contribution >= 4 is 11.7 Å². The lowest BCUT2D eigenvalue weighted by molar-refractivity contribution is 0.0812. The van der Waals surface area contributed by atoms with Crippen molar-refractivity contribution in [3.8, 4) is 11.5 Å². The molecule has 0 saturated heterocycles. The molecule has 1 saturated carbocycles. The van der Waals surface area contributed by atoms with Gasteiger partial charge in [-0.25, -0.2) is 4.98 Å². The lowest BCUT2D eigenvalue weighted by atomic mass is 10.2. The van der Waals surface area contributed by atoms with E-state index >= 15 is 0 Å². The second kappa shape index (κ2) is 7.64. The fourth-order valence-corrected chi connectivity index (χ4v) is 2.86. The van der Waals surface area contributed by atoms with Gasteiger partial charge in [0.1, 0.15) is 18.5 Å². The van der Waals surface area contributed by atoms with Gasteiger partial charge in [-0.3, -0.25) is 4.79 Å². The molecule has 0 radical (unpaired) electrons. The molecule has 1 amide bonds. The van der Waals surface area contributed by atoms with Crippen LogP contribution in [-0.4, -0.2) is 36.7 Å². The standard InChI is InChI=1S/C20H23N3O3/c24-20(15-7-8-19(23-12-15)22-11-14-5-6-14)21-10-9-16-13-25-17-3-1-2-4-18(17)26-16/h1-4,7-8,12,14,16H,5-6,9-11,13H2,(H,21,24)(H,22,23)/t16-/m1/s1. The number of aromatic nitrogens is 1. The van der Waals surface area contributed by atoms with E-state index in [9.17, 15) is 4.79 Å². The minimum atomic E-state index is -0.122. The van der Waals surface area contributed by atoms with Gasteiger partial charge >= 0.3 is 0 Å². The van der Waals surface area contributed by atoms with Crippen molar-refractivity contribution < 1.29 is 14.3 Å². The Morgan fingerprint density at radius 3 is 2.77 bits per heavy atom. The number of para-hydroxylation sites is 2. The first-order valence-corrected chi connectivity index (χ1v) is 9.14. The Hall–Kier alpha value is -2.76. The molecule has 2 aliphatic rings. The number of nitrogens with zero attached hydrogens (tertiary/aromatic N) is 1. The predicted octanol–water partition coefficient (Wildman–Crippen LogP) is 2.86. The molecule has 2 heterocycles. The minimum absolute atomic E-state index is 0.0580. The summed E-state index contributed by atoms with van der Waals surface area (Å²) in [5, 5.41) is 6.21. The average Bonchev–Trinajstić information content (AvgIpc) is 3.51. The van der Waals surface area contributed by atoms with Crippen LogP contribution < -0.4 is 20.1 Å². The Morgan fingerprint density at radius 1 is 1.15 bits per heavy atom. The van der Waals surface area contributed by atoms with Gasteiger partial charge in [-0.1, -0.05) is 12.1 Å². The molecule has 0 spiro atoms. The Morgan fingerprint density at radius 2 is 2.00 bits per heavy atom. The maximum atomic E-state index is 12.2. The zero-order chi connectivity index (χ0) is 17.8. The number of benzene rings is 1. The van der Waals surface area contributed by atoms with Gasteiger partial charge in [0.15, 0.2) is 11.5 Å². The quantitative estimate of drug-likeness (QED) is 0.801. The van der Waals surface area contributed by atoms with Crippen LogP contribution in [0.5, 0.6) is 11.5 Å². The van der Waals surface area contributed by atoms with Gasteiger partial charge in [0, 0.05) is 25.7 Å². The smallest absolute Gasteiger partial charge is 0.252 e. The first-order chi connectivity index (χ1) is 12.8. The van der Waals surface area contributed by atoms with Gasteiger partial charge in [-0.05, 0) is 43.0 Å². The molecule has 136 valence electrons. The monoisotopic (exact) mass is 353 g/mol. The van der Waals surface area contributed by atoms with Gasteiger partial charge in [-0.2, -0.15) is 0 Å². The maximum absolute atomic E-state index is 12.2. The minimum Gasteiger partial charge on any atom is -0.486 e.